The number of benzene rings is 1. The van der Waals surface area contributed by atoms with E-state index in [1.54, 1.807) is 14.2 Å². The van der Waals surface area contributed by atoms with Crippen LogP contribution in [0.2, 0.25) is 0 Å². The molecule has 0 spiro atoms. The Morgan fingerprint density at radius 1 is 1.17 bits per heavy atom. The van der Waals surface area contributed by atoms with Crippen LogP contribution in [0.5, 0.6) is 11.5 Å². The van der Waals surface area contributed by atoms with E-state index in [-0.39, 0.29) is 6.10 Å². The SMILES string of the molecule is CCNC(=NCC(C)Oc1ccc(OC)cc1)NC1CCN(CCCOC)CC1. The molecular formula is C22H38N4O3. The van der Waals surface area contributed by atoms with Gasteiger partial charge in [0.1, 0.15) is 17.6 Å². The highest BCUT2D eigenvalue weighted by atomic mass is 16.5. The number of nitrogens with zero attached hydrogens (tertiary/aromatic N) is 2. The van der Waals surface area contributed by atoms with Crippen LogP contribution in [-0.2, 0) is 4.74 Å². The summed E-state index contributed by atoms with van der Waals surface area (Å²) < 4.78 is 16.3. The summed E-state index contributed by atoms with van der Waals surface area (Å²) in [7, 11) is 3.42. The van der Waals surface area contributed by atoms with E-state index in [9.17, 15) is 0 Å². The number of likely N-dealkylation sites (tertiary alicyclic amines) is 1. The largest absolute Gasteiger partial charge is 0.497 e. The van der Waals surface area contributed by atoms with Gasteiger partial charge in [-0.25, -0.2) is 4.99 Å². The number of piperidine rings is 1. The summed E-state index contributed by atoms with van der Waals surface area (Å²) in [6.45, 7) is 9.77. The molecule has 2 rings (SSSR count). The summed E-state index contributed by atoms with van der Waals surface area (Å²) in [6, 6.07) is 8.10. The Bertz CT molecular complexity index is 586. The number of nitrogens with one attached hydrogen (secondary N) is 2. The van der Waals surface area contributed by atoms with E-state index < -0.39 is 0 Å². The maximum absolute atomic E-state index is 5.96. The standard InChI is InChI=1S/C22H38N4O3/c1-5-23-22(25-19-11-14-26(15-12-19)13-6-16-27-3)24-17-18(2)29-21-9-7-20(28-4)8-10-21/h7-10,18-19H,5-6,11-17H2,1-4H3,(H2,23,24,25). The van der Waals surface area contributed by atoms with Crippen molar-refractivity contribution in [1.29, 1.82) is 0 Å². The fourth-order valence-electron chi connectivity index (χ4n) is 3.39. The first-order chi connectivity index (χ1) is 14.1. The predicted octanol–water partition coefficient (Wildman–Crippen LogP) is 2.52. The van der Waals surface area contributed by atoms with Gasteiger partial charge in [-0.05, 0) is 57.4 Å². The molecule has 7 nitrogen and oxygen atoms in total. The Morgan fingerprint density at radius 3 is 2.48 bits per heavy atom. The van der Waals surface area contributed by atoms with Gasteiger partial charge in [0.25, 0.3) is 0 Å². The average molecular weight is 407 g/mol. The first-order valence-electron chi connectivity index (χ1n) is 10.7. The van der Waals surface area contributed by atoms with Gasteiger partial charge in [-0.3, -0.25) is 0 Å². The molecule has 0 amide bonds. The maximum atomic E-state index is 5.96. The molecule has 1 aromatic carbocycles. The summed E-state index contributed by atoms with van der Waals surface area (Å²) in [5, 5.41) is 6.95. The zero-order valence-electron chi connectivity index (χ0n) is 18.4. The first kappa shape index (κ1) is 23.3. The Hall–Kier alpha value is -1.99. The molecule has 1 heterocycles. The van der Waals surface area contributed by atoms with Crippen molar-refractivity contribution < 1.29 is 14.2 Å². The smallest absolute Gasteiger partial charge is 0.191 e. The number of rotatable bonds is 11. The molecule has 1 aromatic rings. The Kier molecular flexibility index (Phi) is 10.7. The van der Waals surface area contributed by atoms with Crippen LogP contribution in [0.25, 0.3) is 0 Å². The van der Waals surface area contributed by atoms with Crippen LogP contribution in [-0.4, -0.2) is 76.6 Å². The lowest BCUT2D eigenvalue weighted by Crippen LogP contribution is -2.49. The van der Waals surface area contributed by atoms with Gasteiger partial charge < -0.3 is 29.7 Å². The van der Waals surface area contributed by atoms with Crippen molar-refractivity contribution in [2.75, 3.05) is 53.6 Å². The van der Waals surface area contributed by atoms with Crippen molar-refractivity contribution in [3.05, 3.63) is 24.3 Å². The lowest BCUT2D eigenvalue weighted by molar-refractivity contribution is 0.155. The molecule has 0 aliphatic carbocycles. The number of guanidine groups is 1. The second kappa shape index (κ2) is 13.3. The van der Waals surface area contributed by atoms with Gasteiger partial charge in [0.2, 0.25) is 0 Å². The fraction of sp³-hybridized carbons (Fsp3) is 0.682. The number of methoxy groups -OCH3 is 2. The monoisotopic (exact) mass is 406 g/mol. The highest BCUT2D eigenvalue weighted by Crippen LogP contribution is 2.18. The molecule has 1 unspecified atom stereocenters. The lowest BCUT2D eigenvalue weighted by atomic mass is 10.1. The predicted molar refractivity (Wildman–Crippen MR) is 118 cm³/mol. The quantitative estimate of drug-likeness (QED) is 0.334. The molecule has 29 heavy (non-hydrogen) atoms. The van der Waals surface area contributed by atoms with Gasteiger partial charge in [0.05, 0.1) is 13.7 Å². The van der Waals surface area contributed by atoms with Gasteiger partial charge in [-0.1, -0.05) is 0 Å². The maximum Gasteiger partial charge on any atom is 0.191 e. The highest BCUT2D eigenvalue weighted by Gasteiger charge is 2.19. The lowest BCUT2D eigenvalue weighted by Gasteiger charge is -2.33. The summed E-state index contributed by atoms with van der Waals surface area (Å²) in [5.74, 6) is 2.52. The minimum absolute atomic E-state index is 0.0125. The molecule has 1 aliphatic rings. The van der Waals surface area contributed by atoms with Gasteiger partial charge in [0, 0.05) is 45.9 Å². The Balaban J connectivity index is 1.76. The van der Waals surface area contributed by atoms with E-state index in [1.807, 2.05) is 31.2 Å². The summed E-state index contributed by atoms with van der Waals surface area (Å²) in [4.78, 5) is 7.25. The Morgan fingerprint density at radius 2 is 1.86 bits per heavy atom. The van der Waals surface area contributed by atoms with Gasteiger partial charge in [0.15, 0.2) is 5.96 Å². The molecule has 0 radical (unpaired) electrons. The number of aliphatic imine (C=N–C) groups is 1. The van der Waals surface area contributed by atoms with Crippen LogP contribution < -0.4 is 20.1 Å². The molecule has 0 saturated carbocycles. The van der Waals surface area contributed by atoms with Crippen LogP contribution in [0.3, 0.4) is 0 Å². The van der Waals surface area contributed by atoms with Crippen LogP contribution in [0, 0.1) is 0 Å². The first-order valence-corrected chi connectivity index (χ1v) is 10.7. The molecule has 1 atom stereocenters. The van der Waals surface area contributed by atoms with E-state index >= 15 is 0 Å². The van der Waals surface area contributed by atoms with Crippen molar-refractivity contribution in [1.82, 2.24) is 15.5 Å². The summed E-state index contributed by atoms with van der Waals surface area (Å²) in [5.41, 5.74) is 0. The van der Waals surface area contributed by atoms with E-state index in [1.165, 1.54) is 0 Å². The van der Waals surface area contributed by atoms with Gasteiger partial charge in [-0.15, -0.1) is 0 Å². The molecule has 7 heteroatoms. The third-order valence-electron chi connectivity index (χ3n) is 5.00. The molecule has 0 bridgehead atoms. The van der Waals surface area contributed by atoms with E-state index in [0.717, 1.165) is 69.5 Å². The van der Waals surface area contributed by atoms with Crippen LogP contribution in [0.4, 0.5) is 0 Å². The average Bonchev–Trinajstić information content (AvgIpc) is 2.74. The number of ether oxygens (including phenoxy) is 3. The Labute approximate surface area is 175 Å². The third kappa shape index (κ3) is 8.92. The number of hydrogen-bond acceptors (Lipinski definition) is 5. The van der Waals surface area contributed by atoms with Crippen LogP contribution >= 0.6 is 0 Å². The van der Waals surface area contributed by atoms with Crippen molar-refractivity contribution in [3.63, 3.8) is 0 Å². The topological polar surface area (TPSA) is 67.4 Å². The van der Waals surface area contributed by atoms with E-state index in [4.69, 9.17) is 19.2 Å². The van der Waals surface area contributed by atoms with Gasteiger partial charge in [-0.2, -0.15) is 0 Å². The zero-order chi connectivity index (χ0) is 20.9. The summed E-state index contributed by atoms with van der Waals surface area (Å²) >= 11 is 0. The molecule has 1 aliphatic heterocycles. The normalized spacial score (nSPS) is 17.0. The minimum atomic E-state index is -0.0125. The zero-order valence-corrected chi connectivity index (χ0v) is 18.4. The molecule has 1 fully saturated rings. The fourth-order valence-corrected chi connectivity index (χ4v) is 3.39. The van der Waals surface area contributed by atoms with Crippen molar-refractivity contribution >= 4 is 5.96 Å². The molecule has 164 valence electrons. The van der Waals surface area contributed by atoms with Crippen molar-refractivity contribution in [2.45, 2.75) is 45.3 Å². The second-order valence-corrected chi connectivity index (χ2v) is 7.43. The highest BCUT2D eigenvalue weighted by molar-refractivity contribution is 5.80. The molecule has 1 saturated heterocycles. The third-order valence-corrected chi connectivity index (χ3v) is 5.00. The molecular weight excluding hydrogens is 368 g/mol. The summed E-state index contributed by atoms with van der Waals surface area (Å²) in [6.07, 6.45) is 3.36. The van der Waals surface area contributed by atoms with E-state index in [2.05, 4.69) is 22.5 Å². The second-order valence-electron chi connectivity index (χ2n) is 7.43. The van der Waals surface area contributed by atoms with Crippen LogP contribution in [0.15, 0.2) is 29.3 Å². The molecule has 0 aromatic heterocycles. The number of hydrogen-bond donors (Lipinski definition) is 2. The van der Waals surface area contributed by atoms with Gasteiger partial charge >= 0.3 is 0 Å². The van der Waals surface area contributed by atoms with Crippen LogP contribution in [0.1, 0.15) is 33.1 Å². The van der Waals surface area contributed by atoms with E-state index in [0.29, 0.717) is 12.6 Å². The van der Waals surface area contributed by atoms with Crippen molar-refractivity contribution in [3.8, 4) is 11.5 Å². The van der Waals surface area contributed by atoms with Crippen molar-refractivity contribution in [2.24, 2.45) is 4.99 Å². The molecule has 2 N–H and O–H groups in total. The minimum Gasteiger partial charge on any atom is -0.497 e.